The van der Waals surface area contributed by atoms with E-state index in [4.69, 9.17) is 16.3 Å². The molecular formula is C16H14ClNO4S. The van der Waals surface area contributed by atoms with Crippen LogP contribution in [-0.2, 0) is 9.53 Å². The van der Waals surface area contributed by atoms with E-state index in [0.29, 0.717) is 20.5 Å². The van der Waals surface area contributed by atoms with E-state index in [9.17, 15) is 14.4 Å². The van der Waals surface area contributed by atoms with Crippen LogP contribution in [0.15, 0.2) is 36.4 Å². The van der Waals surface area contributed by atoms with Crippen molar-refractivity contribution in [3.05, 3.63) is 51.2 Å². The summed E-state index contributed by atoms with van der Waals surface area (Å²) in [7, 11) is 0. The molecule has 0 bridgehead atoms. The summed E-state index contributed by atoms with van der Waals surface area (Å²) in [6.45, 7) is 2.91. The van der Waals surface area contributed by atoms with Crippen molar-refractivity contribution >= 4 is 46.3 Å². The average Bonchev–Trinajstić information content (AvgIpc) is 2.94. The van der Waals surface area contributed by atoms with Crippen LogP contribution >= 0.6 is 22.9 Å². The molecule has 120 valence electrons. The van der Waals surface area contributed by atoms with Crippen molar-refractivity contribution in [3.63, 3.8) is 0 Å². The molecular weight excluding hydrogens is 338 g/mol. The lowest BCUT2D eigenvalue weighted by Crippen LogP contribution is -2.29. The maximum Gasteiger partial charge on any atom is 0.349 e. The predicted octanol–water partition coefficient (Wildman–Crippen LogP) is 3.79. The number of Topliss-reactive ketones (excluding diaryl/α,β-unsaturated/α-hetero) is 1. The minimum absolute atomic E-state index is 0.102. The molecule has 0 saturated heterocycles. The standard InChI is InChI=1S/C16H14ClNO4S/c1-9(19)11-4-3-5-12(8-11)18-15(20)10(2)22-16(21)13-6-7-14(17)23-13/h3-8,10H,1-2H3,(H,18,20)/t10-/m0/s1. The quantitative estimate of drug-likeness (QED) is 0.657. The lowest BCUT2D eigenvalue weighted by atomic mass is 10.1. The van der Waals surface area contributed by atoms with Crippen molar-refractivity contribution in [2.24, 2.45) is 0 Å². The maximum atomic E-state index is 12.1. The average molecular weight is 352 g/mol. The molecule has 2 aromatic rings. The van der Waals surface area contributed by atoms with Gasteiger partial charge in [-0.15, -0.1) is 11.3 Å². The van der Waals surface area contributed by atoms with Gasteiger partial charge in [-0.3, -0.25) is 9.59 Å². The smallest absolute Gasteiger partial charge is 0.349 e. The summed E-state index contributed by atoms with van der Waals surface area (Å²) in [6.07, 6.45) is -0.982. The molecule has 1 amide bonds. The Labute approximate surface area is 142 Å². The molecule has 1 aromatic carbocycles. The first-order valence-corrected chi connectivity index (χ1v) is 7.94. The number of thiophene rings is 1. The third kappa shape index (κ3) is 4.64. The Morgan fingerprint density at radius 1 is 1.22 bits per heavy atom. The number of ether oxygens (including phenoxy) is 1. The SMILES string of the molecule is CC(=O)c1cccc(NC(=O)[C@H](C)OC(=O)c2ccc(Cl)s2)c1. The lowest BCUT2D eigenvalue weighted by molar-refractivity contribution is -0.123. The van der Waals surface area contributed by atoms with Crippen LogP contribution in [0.25, 0.3) is 0 Å². The Morgan fingerprint density at radius 3 is 2.57 bits per heavy atom. The molecule has 0 aliphatic carbocycles. The summed E-state index contributed by atoms with van der Waals surface area (Å²) < 4.78 is 5.56. The van der Waals surface area contributed by atoms with E-state index in [-0.39, 0.29) is 5.78 Å². The van der Waals surface area contributed by atoms with Gasteiger partial charge in [0, 0.05) is 11.3 Å². The van der Waals surface area contributed by atoms with Crippen molar-refractivity contribution in [2.45, 2.75) is 20.0 Å². The first-order chi connectivity index (χ1) is 10.9. The number of rotatable bonds is 5. The minimum Gasteiger partial charge on any atom is -0.448 e. The maximum absolute atomic E-state index is 12.1. The van der Waals surface area contributed by atoms with Crippen LogP contribution < -0.4 is 5.32 Å². The number of amides is 1. The van der Waals surface area contributed by atoms with Gasteiger partial charge in [-0.05, 0) is 38.1 Å². The van der Waals surface area contributed by atoms with Gasteiger partial charge in [0.2, 0.25) is 0 Å². The van der Waals surface area contributed by atoms with E-state index in [1.54, 1.807) is 30.3 Å². The molecule has 1 N–H and O–H groups in total. The molecule has 0 fully saturated rings. The van der Waals surface area contributed by atoms with Gasteiger partial charge >= 0.3 is 5.97 Å². The van der Waals surface area contributed by atoms with Crippen LogP contribution in [0.5, 0.6) is 0 Å². The molecule has 0 aliphatic heterocycles. The van der Waals surface area contributed by atoms with Crippen LogP contribution in [0, 0.1) is 0 Å². The second kappa shape index (κ2) is 7.39. The van der Waals surface area contributed by atoms with Gasteiger partial charge < -0.3 is 10.1 Å². The number of carbonyl (C=O) groups is 3. The summed E-state index contributed by atoms with van der Waals surface area (Å²) in [4.78, 5) is 35.6. The fourth-order valence-corrected chi connectivity index (χ4v) is 2.68. The van der Waals surface area contributed by atoms with Gasteiger partial charge in [-0.2, -0.15) is 0 Å². The Kier molecular flexibility index (Phi) is 5.52. The normalized spacial score (nSPS) is 11.6. The highest BCUT2D eigenvalue weighted by Crippen LogP contribution is 2.22. The number of esters is 1. The number of nitrogens with one attached hydrogen (secondary N) is 1. The number of benzene rings is 1. The van der Waals surface area contributed by atoms with Crippen LogP contribution in [0.4, 0.5) is 5.69 Å². The molecule has 7 heteroatoms. The molecule has 0 aliphatic rings. The molecule has 1 heterocycles. The number of halogens is 1. The Balaban J connectivity index is 1.98. The van der Waals surface area contributed by atoms with Crippen molar-refractivity contribution in [1.82, 2.24) is 0 Å². The number of anilines is 1. The van der Waals surface area contributed by atoms with E-state index in [0.717, 1.165) is 11.3 Å². The summed E-state index contributed by atoms with van der Waals surface area (Å²) in [6, 6.07) is 9.65. The Morgan fingerprint density at radius 2 is 1.96 bits per heavy atom. The first-order valence-electron chi connectivity index (χ1n) is 6.75. The molecule has 0 saturated carbocycles. The van der Waals surface area contributed by atoms with Crippen molar-refractivity contribution < 1.29 is 19.1 Å². The molecule has 1 aromatic heterocycles. The van der Waals surface area contributed by atoms with Crippen LogP contribution in [0.3, 0.4) is 0 Å². The van der Waals surface area contributed by atoms with Gasteiger partial charge in [-0.25, -0.2) is 4.79 Å². The van der Waals surface area contributed by atoms with E-state index in [1.807, 2.05) is 0 Å². The summed E-state index contributed by atoms with van der Waals surface area (Å²) in [5.74, 6) is -1.20. The second-order valence-corrected chi connectivity index (χ2v) is 6.49. The predicted molar refractivity (Wildman–Crippen MR) is 89.3 cm³/mol. The molecule has 5 nitrogen and oxygen atoms in total. The molecule has 1 atom stereocenters. The number of ketones is 1. The van der Waals surface area contributed by atoms with E-state index in [2.05, 4.69) is 5.32 Å². The largest absolute Gasteiger partial charge is 0.448 e. The molecule has 0 radical (unpaired) electrons. The molecule has 2 rings (SSSR count). The van der Waals surface area contributed by atoms with E-state index >= 15 is 0 Å². The van der Waals surface area contributed by atoms with Crippen LogP contribution in [0.1, 0.15) is 33.9 Å². The van der Waals surface area contributed by atoms with Crippen molar-refractivity contribution in [2.75, 3.05) is 5.32 Å². The summed E-state index contributed by atoms with van der Waals surface area (Å²) >= 11 is 6.84. The van der Waals surface area contributed by atoms with Crippen LogP contribution in [-0.4, -0.2) is 23.8 Å². The van der Waals surface area contributed by atoms with Gasteiger partial charge in [0.1, 0.15) is 4.88 Å². The number of hydrogen-bond acceptors (Lipinski definition) is 5. The zero-order valence-electron chi connectivity index (χ0n) is 12.5. The van der Waals surface area contributed by atoms with Gasteiger partial charge in [0.25, 0.3) is 5.91 Å². The highest BCUT2D eigenvalue weighted by Gasteiger charge is 2.20. The van der Waals surface area contributed by atoms with E-state index in [1.165, 1.54) is 19.9 Å². The molecule has 0 spiro atoms. The third-order valence-corrected chi connectivity index (χ3v) is 4.18. The minimum atomic E-state index is -0.982. The molecule has 23 heavy (non-hydrogen) atoms. The van der Waals surface area contributed by atoms with Crippen molar-refractivity contribution in [3.8, 4) is 0 Å². The topological polar surface area (TPSA) is 72.5 Å². The second-order valence-electron chi connectivity index (χ2n) is 4.78. The highest BCUT2D eigenvalue weighted by atomic mass is 35.5. The first kappa shape index (κ1) is 17.2. The third-order valence-electron chi connectivity index (χ3n) is 2.96. The number of hydrogen-bond donors (Lipinski definition) is 1. The molecule has 0 unspecified atom stereocenters. The van der Waals surface area contributed by atoms with Gasteiger partial charge in [0.05, 0.1) is 4.34 Å². The fraction of sp³-hybridized carbons (Fsp3) is 0.188. The fourth-order valence-electron chi connectivity index (χ4n) is 1.76. The monoisotopic (exact) mass is 351 g/mol. The zero-order chi connectivity index (χ0) is 17.0. The Bertz CT molecular complexity index is 756. The lowest BCUT2D eigenvalue weighted by Gasteiger charge is -2.13. The van der Waals surface area contributed by atoms with Crippen molar-refractivity contribution in [1.29, 1.82) is 0 Å². The van der Waals surface area contributed by atoms with Gasteiger partial charge in [0.15, 0.2) is 11.9 Å². The zero-order valence-corrected chi connectivity index (χ0v) is 14.0. The van der Waals surface area contributed by atoms with Gasteiger partial charge in [-0.1, -0.05) is 23.7 Å². The van der Waals surface area contributed by atoms with E-state index < -0.39 is 18.0 Å². The highest BCUT2D eigenvalue weighted by molar-refractivity contribution is 7.17. The van der Waals surface area contributed by atoms with Crippen LogP contribution in [0.2, 0.25) is 4.34 Å². The summed E-state index contributed by atoms with van der Waals surface area (Å²) in [5.41, 5.74) is 0.949. The summed E-state index contributed by atoms with van der Waals surface area (Å²) in [5, 5.41) is 2.61. The number of carbonyl (C=O) groups excluding carboxylic acids is 3. The Hall–Kier alpha value is -2.18.